The van der Waals surface area contributed by atoms with Crippen molar-refractivity contribution in [3.63, 3.8) is 0 Å². The molecule has 1 aromatic carbocycles. The number of aliphatic imine (C=N–C) groups is 1. The fourth-order valence-electron chi connectivity index (χ4n) is 2.80. The fraction of sp³-hybridized carbons (Fsp3) is 0.444. The molecule has 3 N–H and O–H groups in total. The molecular weight excluding hydrogens is 359 g/mol. The van der Waals surface area contributed by atoms with Crippen molar-refractivity contribution in [2.75, 3.05) is 0 Å². The summed E-state index contributed by atoms with van der Waals surface area (Å²) in [5, 5.41) is 7.58. The van der Waals surface area contributed by atoms with Crippen molar-refractivity contribution in [1.82, 2.24) is 15.1 Å². The highest BCUT2D eigenvalue weighted by Crippen LogP contribution is 2.22. The van der Waals surface area contributed by atoms with Crippen LogP contribution in [0.3, 0.4) is 0 Å². The molecular formula is C18H24F3N5O. The maximum atomic E-state index is 12.2. The molecule has 27 heavy (non-hydrogen) atoms. The molecule has 0 saturated heterocycles. The first-order chi connectivity index (χ1) is 12.7. The van der Waals surface area contributed by atoms with Gasteiger partial charge in [0.1, 0.15) is 5.75 Å². The van der Waals surface area contributed by atoms with Crippen molar-refractivity contribution < 1.29 is 17.9 Å². The number of hydrogen-bond donors (Lipinski definition) is 2. The largest absolute Gasteiger partial charge is 0.573 e. The van der Waals surface area contributed by atoms with Gasteiger partial charge < -0.3 is 15.8 Å². The Balaban J connectivity index is 1.95. The number of aryl methyl sites for hydroxylation is 2. The predicted octanol–water partition coefficient (Wildman–Crippen LogP) is 3.05. The van der Waals surface area contributed by atoms with E-state index in [4.69, 9.17) is 5.73 Å². The molecule has 0 fully saturated rings. The Labute approximate surface area is 156 Å². The van der Waals surface area contributed by atoms with Gasteiger partial charge in [-0.3, -0.25) is 4.68 Å². The normalized spacial score (nSPS) is 12.3. The molecule has 0 aliphatic rings. The second kappa shape index (κ2) is 8.79. The molecule has 0 atom stereocenters. The van der Waals surface area contributed by atoms with Crippen LogP contribution in [-0.2, 0) is 33.0 Å². The molecule has 0 radical (unpaired) electrons. The third kappa shape index (κ3) is 5.90. The Kier molecular flexibility index (Phi) is 6.70. The van der Waals surface area contributed by atoms with Gasteiger partial charge >= 0.3 is 6.36 Å². The summed E-state index contributed by atoms with van der Waals surface area (Å²) in [6.45, 7) is 4.89. The maximum Gasteiger partial charge on any atom is 0.573 e. The Hall–Kier alpha value is -2.71. The summed E-state index contributed by atoms with van der Waals surface area (Å²) < 4.78 is 42.2. The van der Waals surface area contributed by atoms with Gasteiger partial charge in [-0.15, -0.1) is 13.2 Å². The molecule has 1 heterocycles. The average molecular weight is 383 g/mol. The number of nitrogens with two attached hydrogens (primary N) is 1. The van der Waals surface area contributed by atoms with Gasteiger partial charge in [0.05, 0.1) is 12.2 Å². The minimum atomic E-state index is -4.70. The summed E-state index contributed by atoms with van der Waals surface area (Å²) >= 11 is 0. The van der Waals surface area contributed by atoms with Crippen molar-refractivity contribution in [2.24, 2.45) is 17.8 Å². The van der Waals surface area contributed by atoms with E-state index in [1.54, 1.807) is 0 Å². The quantitative estimate of drug-likeness (QED) is 0.569. The predicted molar refractivity (Wildman–Crippen MR) is 97.3 cm³/mol. The standard InChI is InChI=1S/C18H24F3N5O/c1-4-15-14(16(5-2)26(3)25-15)11-24-17(22)23-10-12-6-8-13(9-7-12)27-18(19,20)21/h6-9H,4-5,10-11H2,1-3H3,(H3,22,23,24). The highest BCUT2D eigenvalue weighted by atomic mass is 19.4. The molecule has 0 bridgehead atoms. The Morgan fingerprint density at radius 2 is 1.89 bits per heavy atom. The van der Waals surface area contributed by atoms with Gasteiger partial charge in [0, 0.05) is 24.8 Å². The van der Waals surface area contributed by atoms with Crippen molar-refractivity contribution in [3.8, 4) is 5.75 Å². The van der Waals surface area contributed by atoms with Crippen LogP contribution in [0.15, 0.2) is 29.3 Å². The second-order valence-electron chi connectivity index (χ2n) is 5.95. The molecule has 2 aromatic rings. The van der Waals surface area contributed by atoms with Gasteiger partial charge in [0.15, 0.2) is 5.96 Å². The van der Waals surface area contributed by atoms with Gasteiger partial charge in [-0.1, -0.05) is 26.0 Å². The fourth-order valence-corrected chi connectivity index (χ4v) is 2.80. The minimum Gasteiger partial charge on any atom is -0.406 e. The van der Waals surface area contributed by atoms with Gasteiger partial charge in [0.25, 0.3) is 0 Å². The summed E-state index contributed by atoms with van der Waals surface area (Å²) in [6.07, 6.45) is -3.01. The molecule has 0 unspecified atom stereocenters. The van der Waals surface area contributed by atoms with Gasteiger partial charge in [-0.2, -0.15) is 5.10 Å². The summed E-state index contributed by atoms with van der Waals surface area (Å²) in [6, 6.07) is 5.53. The lowest BCUT2D eigenvalue weighted by Crippen LogP contribution is -2.31. The smallest absolute Gasteiger partial charge is 0.406 e. The Morgan fingerprint density at radius 3 is 2.44 bits per heavy atom. The van der Waals surface area contributed by atoms with Crippen molar-refractivity contribution >= 4 is 5.96 Å². The van der Waals surface area contributed by atoms with Gasteiger partial charge in [-0.25, -0.2) is 4.99 Å². The number of ether oxygens (including phenoxy) is 1. The molecule has 0 amide bonds. The van der Waals surface area contributed by atoms with Crippen LogP contribution < -0.4 is 15.8 Å². The van der Waals surface area contributed by atoms with Gasteiger partial charge in [-0.05, 0) is 30.5 Å². The number of alkyl halides is 3. The van der Waals surface area contributed by atoms with E-state index >= 15 is 0 Å². The molecule has 0 spiro atoms. The maximum absolute atomic E-state index is 12.2. The molecule has 0 saturated carbocycles. The van der Waals surface area contributed by atoms with E-state index in [1.165, 1.54) is 24.3 Å². The van der Waals surface area contributed by atoms with Crippen molar-refractivity contribution in [3.05, 3.63) is 46.8 Å². The number of nitrogens with zero attached hydrogens (tertiary/aromatic N) is 3. The van der Waals surface area contributed by atoms with E-state index in [0.717, 1.165) is 35.4 Å². The van der Waals surface area contributed by atoms with Crippen LogP contribution in [0.4, 0.5) is 13.2 Å². The van der Waals surface area contributed by atoms with Crippen molar-refractivity contribution in [1.29, 1.82) is 0 Å². The molecule has 0 aliphatic heterocycles. The SMILES string of the molecule is CCc1nn(C)c(CC)c1CNC(N)=NCc1ccc(OC(F)(F)F)cc1. The molecule has 9 heteroatoms. The topological polar surface area (TPSA) is 77.5 Å². The van der Waals surface area contributed by atoms with Crippen LogP contribution >= 0.6 is 0 Å². The number of guanidine groups is 1. The van der Waals surface area contributed by atoms with Crippen LogP contribution in [-0.4, -0.2) is 22.1 Å². The van der Waals surface area contributed by atoms with E-state index in [-0.39, 0.29) is 18.3 Å². The number of aromatic nitrogens is 2. The number of nitrogens with one attached hydrogen (secondary N) is 1. The summed E-state index contributed by atoms with van der Waals surface area (Å²) in [4.78, 5) is 4.22. The van der Waals surface area contributed by atoms with E-state index in [2.05, 4.69) is 34.0 Å². The van der Waals surface area contributed by atoms with Crippen molar-refractivity contribution in [2.45, 2.75) is 46.1 Å². The van der Waals surface area contributed by atoms with Crippen LogP contribution in [0.25, 0.3) is 0 Å². The summed E-state index contributed by atoms with van der Waals surface area (Å²) in [7, 11) is 1.92. The summed E-state index contributed by atoms with van der Waals surface area (Å²) in [5.74, 6) is -0.00401. The lowest BCUT2D eigenvalue weighted by atomic mass is 10.1. The zero-order valence-electron chi connectivity index (χ0n) is 15.6. The van der Waals surface area contributed by atoms with Crippen LogP contribution in [0.5, 0.6) is 5.75 Å². The van der Waals surface area contributed by atoms with Gasteiger partial charge in [0.2, 0.25) is 0 Å². The first kappa shape index (κ1) is 20.6. The lowest BCUT2D eigenvalue weighted by Gasteiger charge is -2.09. The van der Waals surface area contributed by atoms with E-state index < -0.39 is 6.36 Å². The zero-order valence-corrected chi connectivity index (χ0v) is 15.6. The van der Waals surface area contributed by atoms with E-state index in [0.29, 0.717) is 6.54 Å². The average Bonchev–Trinajstić information content (AvgIpc) is 2.92. The third-order valence-corrected chi connectivity index (χ3v) is 4.06. The third-order valence-electron chi connectivity index (χ3n) is 4.06. The molecule has 6 nitrogen and oxygen atoms in total. The van der Waals surface area contributed by atoms with E-state index in [1.807, 2.05) is 11.7 Å². The van der Waals surface area contributed by atoms with Crippen LogP contribution in [0.2, 0.25) is 0 Å². The van der Waals surface area contributed by atoms with E-state index in [9.17, 15) is 13.2 Å². The number of halogens is 3. The Morgan fingerprint density at radius 1 is 1.22 bits per heavy atom. The summed E-state index contributed by atoms with van der Waals surface area (Å²) in [5.41, 5.74) is 9.92. The highest BCUT2D eigenvalue weighted by Gasteiger charge is 2.30. The monoisotopic (exact) mass is 383 g/mol. The number of benzene rings is 1. The van der Waals surface area contributed by atoms with Crippen LogP contribution in [0.1, 0.15) is 36.4 Å². The molecule has 148 valence electrons. The number of hydrogen-bond acceptors (Lipinski definition) is 3. The zero-order chi connectivity index (χ0) is 20.0. The highest BCUT2D eigenvalue weighted by molar-refractivity contribution is 5.77. The first-order valence-electron chi connectivity index (χ1n) is 8.65. The molecule has 0 aliphatic carbocycles. The van der Waals surface area contributed by atoms with Crippen LogP contribution in [0, 0.1) is 0 Å². The Bertz CT molecular complexity index is 782. The molecule has 1 aromatic heterocycles. The minimum absolute atomic E-state index is 0.249. The first-order valence-corrected chi connectivity index (χ1v) is 8.65. The number of rotatable bonds is 7. The lowest BCUT2D eigenvalue weighted by molar-refractivity contribution is -0.274. The second-order valence-corrected chi connectivity index (χ2v) is 5.95. The molecule has 2 rings (SSSR count).